The molecule has 0 aliphatic rings. The average molecular weight is 356 g/mol. The van der Waals surface area contributed by atoms with Crippen molar-refractivity contribution in [1.82, 2.24) is 4.57 Å². The maximum atomic E-state index is 11.0. The summed E-state index contributed by atoms with van der Waals surface area (Å²) in [5, 5.41) is 22.1. The number of aromatic nitrogens is 1. The minimum atomic E-state index is -0.937. The first-order valence-electron chi connectivity index (χ1n) is 8.38. The van der Waals surface area contributed by atoms with Gasteiger partial charge in [0.15, 0.2) is 5.84 Å². The van der Waals surface area contributed by atoms with E-state index in [0.717, 1.165) is 27.4 Å². The van der Waals surface area contributed by atoms with Crippen molar-refractivity contribution in [1.29, 1.82) is 10.9 Å². The lowest BCUT2D eigenvalue weighted by molar-refractivity contribution is 0.0697. The van der Waals surface area contributed by atoms with Crippen LogP contribution in [0.3, 0.4) is 0 Å². The summed E-state index contributed by atoms with van der Waals surface area (Å²) >= 11 is 0. The summed E-state index contributed by atoms with van der Waals surface area (Å²) in [6, 6.07) is 20.5. The number of nitrogens with one attached hydrogen (secondary N) is 2. The van der Waals surface area contributed by atoms with Crippen LogP contribution < -0.4 is 0 Å². The number of carboxylic acids is 1. The zero-order valence-corrected chi connectivity index (χ0v) is 14.3. The van der Waals surface area contributed by atoms with E-state index in [1.165, 1.54) is 0 Å². The Bertz CT molecular complexity index is 1210. The minimum Gasteiger partial charge on any atom is -0.478 e. The Morgan fingerprint density at radius 2 is 1.59 bits per heavy atom. The van der Waals surface area contributed by atoms with E-state index in [2.05, 4.69) is 9.68 Å². The maximum absolute atomic E-state index is 11.0. The third kappa shape index (κ3) is 2.87. The molecule has 27 heavy (non-hydrogen) atoms. The molecule has 6 nitrogen and oxygen atoms in total. The van der Waals surface area contributed by atoms with Gasteiger partial charge in [-0.25, -0.2) is 10.3 Å². The Morgan fingerprint density at radius 1 is 0.926 bits per heavy atom. The molecular weight excluding hydrogens is 340 g/mol. The average Bonchev–Trinajstić information content (AvgIpc) is 3.01. The number of para-hydroxylation sites is 1. The standard InChI is InChI=1S/C21H16N4O2/c22-20(24-23)15-9-10-19-17(11-15)16-3-1-2-4-18(16)25(19)12-13-5-7-14(8-6-13)21(26)27/h1-11,22-23H,12H2,(H,26,27). The van der Waals surface area contributed by atoms with Gasteiger partial charge in [-0.15, -0.1) is 5.11 Å². The molecule has 0 radical (unpaired) electrons. The molecule has 3 N–H and O–H groups in total. The summed E-state index contributed by atoms with van der Waals surface area (Å²) in [6.45, 7) is 0.601. The number of benzene rings is 3. The van der Waals surface area contributed by atoms with Crippen LogP contribution in [-0.4, -0.2) is 21.5 Å². The van der Waals surface area contributed by atoms with Crippen molar-refractivity contribution in [3.05, 3.63) is 83.4 Å². The molecule has 0 spiro atoms. The minimum absolute atomic E-state index is 0.0713. The molecule has 0 atom stereocenters. The van der Waals surface area contributed by atoms with Crippen molar-refractivity contribution in [3.63, 3.8) is 0 Å². The van der Waals surface area contributed by atoms with Crippen LogP contribution in [-0.2, 0) is 6.54 Å². The van der Waals surface area contributed by atoms with Gasteiger partial charge in [0.25, 0.3) is 0 Å². The third-order valence-corrected chi connectivity index (χ3v) is 4.70. The van der Waals surface area contributed by atoms with E-state index in [0.29, 0.717) is 12.1 Å². The van der Waals surface area contributed by atoms with E-state index in [-0.39, 0.29) is 11.4 Å². The van der Waals surface area contributed by atoms with Crippen molar-refractivity contribution in [2.24, 2.45) is 5.11 Å². The smallest absolute Gasteiger partial charge is 0.335 e. The monoisotopic (exact) mass is 356 g/mol. The summed E-state index contributed by atoms with van der Waals surface area (Å²) in [7, 11) is 0. The van der Waals surface area contributed by atoms with Crippen LogP contribution in [0.25, 0.3) is 21.8 Å². The van der Waals surface area contributed by atoms with Crippen molar-refractivity contribution in [2.75, 3.05) is 0 Å². The van der Waals surface area contributed by atoms with Crippen LogP contribution in [0.2, 0.25) is 0 Å². The predicted octanol–water partition coefficient (Wildman–Crippen LogP) is 4.90. The third-order valence-electron chi connectivity index (χ3n) is 4.70. The molecular formula is C21H16N4O2. The number of fused-ring (bicyclic) bond motifs is 3. The van der Waals surface area contributed by atoms with Crippen LogP contribution in [0.4, 0.5) is 0 Å². The zero-order valence-electron chi connectivity index (χ0n) is 14.3. The molecule has 1 aromatic heterocycles. The first kappa shape index (κ1) is 16.7. The SMILES string of the molecule is N=NC(=N)c1ccc2c(c1)c1ccccc1n2Cc1ccc(C(=O)O)cc1. The second kappa shape index (κ2) is 6.49. The summed E-state index contributed by atoms with van der Waals surface area (Å²) < 4.78 is 2.17. The Morgan fingerprint density at radius 3 is 2.30 bits per heavy atom. The Kier molecular flexibility index (Phi) is 4.01. The number of hydrogen-bond acceptors (Lipinski definition) is 3. The number of rotatable bonds is 4. The fourth-order valence-electron chi connectivity index (χ4n) is 3.37. The molecule has 0 amide bonds. The van der Waals surface area contributed by atoms with Gasteiger partial charge in [-0.3, -0.25) is 5.41 Å². The lowest BCUT2D eigenvalue weighted by Gasteiger charge is -2.08. The van der Waals surface area contributed by atoms with E-state index in [1.807, 2.05) is 48.5 Å². The quantitative estimate of drug-likeness (QED) is 0.275. The highest BCUT2D eigenvalue weighted by molar-refractivity contribution is 6.11. The number of hydrogen-bond donors (Lipinski definition) is 3. The summed E-state index contributed by atoms with van der Waals surface area (Å²) in [4.78, 5) is 11.0. The molecule has 6 heteroatoms. The Labute approximate surface area is 154 Å². The second-order valence-electron chi connectivity index (χ2n) is 6.30. The van der Waals surface area contributed by atoms with E-state index >= 15 is 0 Å². The molecule has 0 unspecified atom stereocenters. The number of nitrogens with zero attached hydrogens (tertiary/aromatic N) is 2. The van der Waals surface area contributed by atoms with Gasteiger partial charge in [0.2, 0.25) is 0 Å². The zero-order chi connectivity index (χ0) is 19.0. The molecule has 132 valence electrons. The second-order valence-corrected chi connectivity index (χ2v) is 6.30. The van der Waals surface area contributed by atoms with Gasteiger partial charge in [-0.05, 0) is 42.0 Å². The molecule has 1 heterocycles. The molecule has 4 rings (SSSR count). The molecule has 0 bridgehead atoms. The normalized spacial score (nSPS) is 11.0. The molecule has 4 aromatic rings. The predicted molar refractivity (Wildman–Crippen MR) is 104 cm³/mol. The summed E-state index contributed by atoms with van der Waals surface area (Å²) in [5.41, 5.74) is 11.0. The highest BCUT2D eigenvalue weighted by atomic mass is 16.4. The van der Waals surface area contributed by atoms with Crippen LogP contribution in [0.1, 0.15) is 21.5 Å². The first-order chi connectivity index (χ1) is 13.1. The lowest BCUT2D eigenvalue weighted by Crippen LogP contribution is -2.01. The van der Waals surface area contributed by atoms with Gasteiger partial charge in [0, 0.05) is 33.9 Å². The molecule has 0 aliphatic heterocycles. The highest BCUT2D eigenvalue weighted by Crippen LogP contribution is 2.30. The fourth-order valence-corrected chi connectivity index (χ4v) is 3.37. The van der Waals surface area contributed by atoms with Crippen molar-refractivity contribution < 1.29 is 9.90 Å². The lowest BCUT2D eigenvalue weighted by atomic mass is 10.1. The van der Waals surface area contributed by atoms with Gasteiger partial charge < -0.3 is 9.67 Å². The topological polar surface area (TPSA) is 102 Å². The van der Waals surface area contributed by atoms with Gasteiger partial charge in [0.05, 0.1) is 5.56 Å². The number of carbonyl (C=O) groups is 1. The highest BCUT2D eigenvalue weighted by Gasteiger charge is 2.13. The van der Waals surface area contributed by atoms with E-state index in [1.54, 1.807) is 18.2 Å². The van der Waals surface area contributed by atoms with Gasteiger partial charge in [0.1, 0.15) is 0 Å². The molecule has 3 aromatic carbocycles. The van der Waals surface area contributed by atoms with Gasteiger partial charge in [-0.1, -0.05) is 30.3 Å². The van der Waals surface area contributed by atoms with Gasteiger partial charge in [-0.2, -0.15) is 0 Å². The van der Waals surface area contributed by atoms with Crippen LogP contribution >= 0.6 is 0 Å². The van der Waals surface area contributed by atoms with E-state index in [9.17, 15) is 4.79 Å². The number of amidine groups is 1. The molecule has 0 saturated heterocycles. The van der Waals surface area contributed by atoms with Crippen LogP contribution in [0.5, 0.6) is 0 Å². The Balaban J connectivity index is 1.87. The molecule has 0 aliphatic carbocycles. The first-order valence-corrected chi connectivity index (χ1v) is 8.38. The number of aromatic carboxylic acids is 1. The summed E-state index contributed by atoms with van der Waals surface area (Å²) in [6.07, 6.45) is 0. The number of carboxylic acid groups (broad SMARTS) is 1. The molecule has 0 saturated carbocycles. The summed E-state index contributed by atoms with van der Waals surface area (Å²) in [5.74, 6) is -1.01. The molecule has 0 fully saturated rings. The van der Waals surface area contributed by atoms with Crippen LogP contribution in [0, 0.1) is 10.9 Å². The largest absolute Gasteiger partial charge is 0.478 e. The maximum Gasteiger partial charge on any atom is 0.335 e. The van der Waals surface area contributed by atoms with Crippen molar-refractivity contribution in [3.8, 4) is 0 Å². The van der Waals surface area contributed by atoms with E-state index in [4.69, 9.17) is 16.0 Å². The van der Waals surface area contributed by atoms with E-state index < -0.39 is 5.97 Å². The van der Waals surface area contributed by atoms with Crippen molar-refractivity contribution >= 4 is 33.6 Å². The van der Waals surface area contributed by atoms with Gasteiger partial charge >= 0.3 is 5.97 Å². The van der Waals surface area contributed by atoms with Crippen molar-refractivity contribution in [2.45, 2.75) is 6.54 Å². The Hall–Kier alpha value is -3.80. The fraction of sp³-hybridized carbons (Fsp3) is 0.0476. The van der Waals surface area contributed by atoms with Crippen LogP contribution in [0.15, 0.2) is 71.8 Å².